The quantitative estimate of drug-likeness (QED) is 0.549. The van der Waals surface area contributed by atoms with E-state index < -0.39 is 11.6 Å². The lowest BCUT2D eigenvalue weighted by Gasteiger charge is -2.00. The van der Waals surface area contributed by atoms with Gasteiger partial charge in [0.25, 0.3) is 0 Å². The molecule has 3 rings (SSSR count). The number of fused-ring (bicyclic) bond motifs is 1. The molecule has 0 bridgehead atoms. The van der Waals surface area contributed by atoms with Crippen molar-refractivity contribution >= 4 is 10.8 Å². The molecular formula is C20H14F2. The topological polar surface area (TPSA) is 0 Å². The van der Waals surface area contributed by atoms with Crippen LogP contribution in [0.15, 0.2) is 54.6 Å². The molecule has 2 heteroatoms. The molecule has 0 aromatic heterocycles. The molecule has 0 fully saturated rings. The van der Waals surface area contributed by atoms with E-state index in [2.05, 4.69) is 30.9 Å². The van der Waals surface area contributed by atoms with E-state index in [1.807, 2.05) is 18.2 Å². The molecule has 0 N–H and O–H groups in total. The molecule has 3 aromatic carbocycles. The molecule has 0 aliphatic rings. The fourth-order valence-corrected chi connectivity index (χ4v) is 2.29. The fraction of sp³-hybridized carbons (Fsp3) is 0.100. The van der Waals surface area contributed by atoms with Crippen LogP contribution in [0.3, 0.4) is 0 Å². The normalized spacial score (nSPS) is 10.3. The predicted octanol–water partition coefficient (Wildman–Crippen LogP) is 5.08. The van der Waals surface area contributed by atoms with Crippen molar-refractivity contribution in [1.29, 1.82) is 0 Å². The van der Waals surface area contributed by atoms with Gasteiger partial charge in [0.1, 0.15) is 0 Å². The average molecular weight is 292 g/mol. The number of halogens is 2. The van der Waals surface area contributed by atoms with E-state index in [1.54, 1.807) is 12.1 Å². The Labute approximate surface area is 128 Å². The number of benzene rings is 3. The summed E-state index contributed by atoms with van der Waals surface area (Å²) < 4.78 is 26.5. The van der Waals surface area contributed by atoms with Crippen molar-refractivity contribution in [1.82, 2.24) is 0 Å². The van der Waals surface area contributed by atoms with E-state index in [9.17, 15) is 8.78 Å². The molecule has 0 radical (unpaired) electrons. The molecule has 0 unspecified atom stereocenters. The maximum atomic E-state index is 13.3. The van der Waals surface area contributed by atoms with E-state index in [4.69, 9.17) is 0 Å². The van der Waals surface area contributed by atoms with Gasteiger partial charge in [0, 0.05) is 11.1 Å². The molecule has 0 heterocycles. The molecule has 0 atom stereocenters. The lowest BCUT2D eigenvalue weighted by Crippen LogP contribution is -1.85. The maximum Gasteiger partial charge on any atom is 0.159 e. The second-order valence-electron chi connectivity index (χ2n) is 5.13. The van der Waals surface area contributed by atoms with E-state index in [0.29, 0.717) is 10.8 Å². The Morgan fingerprint density at radius 1 is 0.727 bits per heavy atom. The van der Waals surface area contributed by atoms with Crippen LogP contribution in [0, 0.1) is 23.5 Å². The van der Waals surface area contributed by atoms with Crippen LogP contribution in [0.5, 0.6) is 0 Å². The summed E-state index contributed by atoms with van der Waals surface area (Å²) in [5.41, 5.74) is 2.98. The van der Waals surface area contributed by atoms with E-state index in [0.717, 1.165) is 17.5 Å². The highest BCUT2D eigenvalue weighted by atomic mass is 19.2. The minimum absolute atomic E-state index is 0.645. The predicted molar refractivity (Wildman–Crippen MR) is 85.7 cm³/mol. The lowest BCUT2D eigenvalue weighted by molar-refractivity contribution is 0.511. The van der Waals surface area contributed by atoms with Gasteiger partial charge < -0.3 is 0 Å². The first-order valence-electron chi connectivity index (χ1n) is 7.15. The van der Waals surface area contributed by atoms with Crippen LogP contribution >= 0.6 is 0 Å². The van der Waals surface area contributed by atoms with Crippen molar-refractivity contribution in [2.75, 3.05) is 0 Å². The number of rotatable bonds is 1. The maximum absolute atomic E-state index is 13.3. The molecule has 0 amide bonds. The van der Waals surface area contributed by atoms with Gasteiger partial charge in [-0.25, -0.2) is 8.78 Å². The molecule has 0 aliphatic heterocycles. The summed E-state index contributed by atoms with van der Waals surface area (Å²) in [6, 6.07) is 15.8. The highest BCUT2D eigenvalue weighted by Gasteiger charge is 2.03. The summed E-state index contributed by atoms with van der Waals surface area (Å²) in [7, 11) is 0. The summed E-state index contributed by atoms with van der Waals surface area (Å²) in [6.45, 7) is 2.11. The SMILES string of the molecule is CCc1ccc(C#Cc2ccc3cc(F)c(F)cc3c2)cc1. The third kappa shape index (κ3) is 2.99. The van der Waals surface area contributed by atoms with Crippen molar-refractivity contribution in [3.63, 3.8) is 0 Å². The zero-order valence-electron chi connectivity index (χ0n) is 12.2. The van der Waals surface area contributed by atoms with Crippen molar-refractivity contribution in [2.24, 2.45) is 0 Å². The monoisotopic (exact) mass is 292 g/mol. The van der Waals surface area contributed by atoms with Crippen molar-refractivity contribution in [2.45, 2.75) is 13.3 Å². The number of hydrogen-bond acceptors (Lipinski definition) is 0. The molecule has 0 spiro atoms. The highest BCUT2D eigenvalue weighted by molar-refractivity contribution is 5.84. The molecule has 0 saturated heterocycles. The Morgan fingerprint density at radius 3 is 2.00 bits per heavy atom. The molecule has 0 aliphatic carbocycles. The fourth-order valence-electron chi connectivity index (χ4n) is 2.29. The first-order valence-corrected chi connectivity index (χ1v) is 7.15. The molecule has 108 valence electrons. The first kappa shape index (κ1) is 14.3. The average Bonchev–Trinajstić information content (AvgIpc) is 2.54. The van der Waals surface area contributed by atoms with Crippen LogP contribution in [0.1, 0.15) is 23.6 Å². The Balaban J connectivity index is 1.93. The summed E-state index contributed by atoms with van der Waals surface area (Å²) in [4.78, 5) is 0. The molecular weight excluding hydrogens is 278 g/mol. The van der Waals surface area contributed by atoms with Crippen LogP contribution in [0.2, 0.25) is 0 Å². The second-order valence-corrected chi connectivity index (χ2v) is 5.13. The van der Waals surface area contributed by atoms with E-state index in [1.165, 1.54) is 17.7 Å². The summed E-state index contributed by atoms with van der Waals surface area (Å²) >= 11 is 0. The second kappa shape index (κ2) is 5.99. The van der Waals surface area contributed by atoms with Crippen LogP contribution in [-0.4, -0.2) is 0 Å². The minimum atomic E-state index is -0.840. The standard InChI is InChI=1S/C20H14F2/c1-2-14-3-5-15(6-4-14)7-8-16-9-10-17-12-19(21)20(22)13-18(17)11-16/h3-6,9-13H,2H2,1H3. The van der Waals surface area contributed by atoms with Gasteiger partial charge in [0.2, 0.25) is 0 Å². The Kier molecular flexibility index (Phi) is 3.89. The van der Waals surface area contributed by atoms with Gasteiger partial charge in [-0.3, -0.25) is 0 Å². The zero-order chi connectivity index (χ0) is 15.5. The van der Waals surface area contributed by atoms with Crippen molar-refractivity contribution in [3.05, 3.63) is 82.9 Å². The smallest absolute Gasteiger partial charge is 0.159 e. The number of hydrogen-bond donors (Lipinski definition) is 0. The van der Waals surface area contributed by atoms with Gasteiger partial charge in [-0.05, 0) is 59.2 Å². The Morgan fingerprint density at radius 2 is 1.32 bits per heavy atom. The third-order valence-electron chi connectivity index (χ3n) is 3.59. The Hall–Kier alpha value is -2.66. The van der Waals surface area contributed by atoms with E-state index in [-0.39, 0.29) is 0 Å². The first-order chi connectivity index (χ1) is 10.7. The summed E-state index contributed by atoms with van der Waals surface area (Å²) in [5.74, 6) is 4.47. The van der Waals surface area contributed by atoms with Crippen molar-refractivity contribution in [3.8, 4) is 11.8 Å². The molecule has 22 heavy (non-hydrogen) atoms. The minimum Gasteiger partial charge on any atom is -0.204 e. The summed E-state index contributed by atoms with van der Waals surface area (Å²) in [5, 5.41) is 1.31. The van der Waals surface area contributed by atoms with Gasteiger partial charge in [-0.1, -0.05) is 37.0 Å². The third-order valence-corrected chi connectivity index (χ3v) is 3.59. The molecule has 3 aromatic rings. The highest BCUT2D eigenvalue weighted by Crippen LogP contribution is 2.19. The van der Waals surface area contributed by atoms with Gasteiger partial charge in [-0.2, -0.15) is 0 Å². The van der Waals surface area contributed by atoms with Crippen LogP contribution < -0.4 is 0 Å². The summed E-state index contributed by atoms with van der Waals surface area (Å²) in [6.07, 6.45) is 1.00. The number of aryl methyl sites for hydroxylation is 1. The van der Waals surface area contributed by atoms with Crippen LogP contribution in [-0.2, 0) is 6.42 Å². The molecule has 0 nitrogen and oxygen atoms in total. The van der Waals surface area contributed by atoms with Crippen molar-refractivity contribution < 1.29 is 8.78 Å². The largest absolute Gasteiger partial charge is 0.204 e. The van der Waals surface area contributed by atoms with Gasteiger partial charge in [0.15, 0.2) is 11.6 Å². The zero-order valence-corrected chi connectivity index (χ0v) is 12.2. The van der Waals surface area contributed by atoms with E-state index >= 15 is 0 Å². The van der Waals surface area contributed by atoms with Crippen LogP contribution in [0.25, 0.3) is 10.8 Å². The molecule has 0 saturated carbocycles. The van der Waals surface area contributed by atoms with Gasteiger partial charge >= 0.3 is 0 Å². The van der Waals surface area contributed by atoms with Crippen LogP contribution in [0.4, 0.5) is 8.78 Å². The van der Waals surface area contributed by atoms with Gasteiger partial charge in [0.05, 0.1) is 0 Å². The van der Waals surface area contributed by atoms with Gasteiger partial charge in [-0.15, -0.1) is 0 Å². The Bertz CT molecular complexity index is 881. The lowest BCUT2D eigenvalue weighted by atomic mass is 10.1.